The molecule has 1 atom stereocenters. The van der Waals surface area contributed by atoms with Gasteiger partial charge in [-0.2, -0.15) is 0 Å². The van der Waals surface area contributed by atoms with E-state index in [1.54, 1.807) is 6.92 Å². The highest BCUT2D eigenvalue weighted by atomic mass is 79.9. The van der Waals surface area contributed by atoms with Crippen LogP contribution in [0.1, 0.15) is 25.5 Å². The SMILES string of the molecule is C#CCN(CC)c1ccc([C@@H](C)O)cc1Br. The molecule has 0 saturated heterocycles. The number of nitrogens with zero attached hydrogens (tertiary/aromatic N) is 1. The molecule has 0 aliphatic rings. The van der Waals surface area contributed by atoms with Crippen LogP contribution >= 0.6 is 15.9 Å². The van der Waals surface area contributed by atoms with Crippen LogP contribution < -0.4 is 4.90 Å². The molecule has 3 heteroatoms. The van der Waals surface area contributed by atoms with Crippen molar-refractivity contribution >= 4 is 21.6 Å². The van der Waals surface area contributed by atoms with E-state index in [1.807, 2.05) is 18.2 Å². The van der Waals surface area contributed by atoms with E-state index in [0.717, 1.165) is 22.3 Å². The van der Waals surface area contributed by atoms with Crippen LogP contribution in [0.5, 0.6) is 0 Å². The van der Waals surface area contributed by atoms with Crippen molar-refractivity contribution in [3.05, 3.63) is 28.2 Å². The highest BCUT2D eigenvalue weighted by Crippen LogP contribution is 2.29. The lowest BCUT2D eigenvalue weighted by molar-refractivity contribution is 0.199. The second-order valence-corrected chi connectivity index (χ2v) is 4.46. The largest absolute Gasteiger partial charge is 0.389 e. The summed E-state index contributed by atoms with van der Waals surface area (Å²) >= 11 is 3.51. The van der Waals surface area contributed by atoms with Gasteiger partial charge in [0.25, 0.3) is 0 Å². The predicted molar refractivity (Wildman–Crippen MR) is 71.5 cm³/mol. The summed E-state index contributed by atoms with van der Waals surface area (Å²) in [4.78, 5) is 2.09. The van der Waals surface area contributed by atoms with Gasteiger partial charge in [0.15, 0.2) is 0 Å². The lowest BCUT2D eigenvalue weighted by atomic mass is 10.1. The first kappa shape index (κ1) is 13.1. The predicted octanol–water partition coefficient (Wildman–Crippen LogP) is 2.96. The van der Waals surface area contributed by atoms with Crippen LogP contribution in [0.25, 0.3) is 0 Å². The van der Waals surface area contributed by atoms with Crippen molar-refractivity contribution in [2.75, 3.05) is 18.0 Å². The van der Waals surface area contributed by atoms with Gasteiger partial charge in [0.05, 0.1) is 18.3 Å². The summed E-state index contributed by atoms with van der Waals surface area (Å²) in [6.07, 6.45) is 4.87. The molecule has 0 saturated carbocycles. The fourth-order valence-electron chi connectivity index (χ4n) is 1.52. The molecule has 1 N–H and O–H groups in total. The Balaban J connectivity index is 3.02. The Hall–Kier alpha value is -0.980. The molecule has 0 unspecified atom stereocenters. The first-order chi connectivity index (χ1) is 7.60. The van der Waals surface area contributed by atoms with Crippen LogP contribution in [0.3, 0.4) is 0 Å². The number of terminal acetylenes is 1. The molecule has 0 amide bonds. The Bertz CT molecular complexity index is 395. The van der Waals surface area contributed by atoms with Gasteiger partial charge in [-0.3, -0.25) is 0 Å². The fourth-order valence-corrected chi connectivity index (χ4v) is 2.16. The van der Waals surface area contributed by atoms with E-state index in [-0.39, 0.29) is 0 Å². The second kappa shape index (κ2) is 5.93. The first-order valence-corrected chi connectivity index (χ1v) is 6.05. The number of rotatable bonds is 4. The molecule has 0 fully saturated rings. The third-order valence-electron chi connectivity index (χ3n) is 2.46. The van der Waals surface area contributed by atoms with Gasteiger partial charge >= 0.3 is 0 Å². The van der Waals surface area contributed by atoms with Crippen molar-refractivity contribution in [1.29, 1.82) is 0 Å². The Kier molecular flexibility index (Phi) is 4.85. The summed E-state index contributed by atoms with van der Waals surface area (Å²) in [6, 6.07) is 5.83. The molecule has 0 bridgehead atoms. The Morgan fingerprint density at radius 1 is 1.56 bits per heavy atom. The van der Waals surface area contributed by atoms with Gasteiger partial charge in [-0.25, -0.2) is 0 Å². The van der Waals surface area contributed by atoms with Gasteiger partial charge in [0, 0.05) is 11.0 Å². The molecule has 0 aliphatic carbocycles. The molecular weight excluding hydrogens is 266 g/mol. The maximum Gasteiger partial charge on any atom is 0.0791 e. The van der Waals surface area contributed by atoms with E-state index in [9.17, 15) is 5.11 Å². The summed E-state index contributed by atoms with van der Waals surface area (Å²) < 4.78 is 0.961. The molecule has 0 heterocycles. The molecular formula is C13H16BrNO. The number of hydrogen-bond acceptors (Lipinski definition) is 2. The van der Waals surface area contributed by atoms with Crippen molar-refractivity contribution in [1.82, 2.24) is 0 Å². The maximum atomic E-state index is 9.47. The summed E-state index contributed by atoms with van der Waals surface area (Å²) in [7, 11) is 0. The monoisotopic (exact) mass is 281 g/mol. The number of aliphatic hydroxyl groups is 1. The van der Waals surface area contributed by atoms with Gasteiger partial charge in [-0.1, -0.05) is 12.0 Å². The number of anilines is 1. The lowest BCUT2D eigenvalue weighted by Crippen LogP contribution is -2.23. The highest BCUT2D eigenvalue weighted by molar-refractivity contribution is 9.10. The maximum absolute atomic E-state index is 9.47. The quantitative estimate of drug-likeness (QED) is 0.858. The Morgan fingerprint density at radius 2 is 2.25 bits per heavy atom. The summed E-state index contributed by atoms with van der Waals surface area (Å²) in [5.74, 6) is 2.64. The summed E-state index contributed by atoms with van der Waals surface area (Å²) in [5, 5.41) is 9.47. The smallest absolute Gasteiger partial charge is 0.0791 e. The third kappa shape index (κ3) is 3.01. The topological polar surface area (TPSA) is 23.5 Å². The zero-order valence-electron chi connectivity index (χ0n) is 9.57. The minimum atomic E-state index is -0.451. The van der Waals surface area contributed by atoms with Crippen LogP contribution in [0, 0.1) is 12.3 Å². The van der Waals surface area contributed by atoms with E-state index in [4.69, 9.17) is 6.42 Å². The van der Waals surface area contributed by atoms with Gasteiger partial charge in [0.1, 0.15) is 0 Å². The van der Waals surface area contributed by atoms with E-state index in [1.165, 1.54) is 0 Å². The van der Waals surface area contributed by atoms with Gasteiger partial charge < -0.3 is 10.0 Å². The van der Waals surface area contributed by atoms with Crippen molar-refractivity contribution in [2.45, 2.75) is 20.0 Å². The minimum Gasteiger partial charge on any atom is -0.389 e. The summed E-state index contributed by atoms with van der Waals surface area (Å²) in [5.41, 5.74) is 1.96. The van der Waals surface area contributed by atoms with E-state index >= 15 is 0 Å². The van der Waals surface area contributed by atoms with Crippen LogP contribution in [-0.2, 0) is 0 Å². The normalized spacial score (nSPS) is 11.9. The average molecular weight is 282 g/mol. The van der Waals surface area contributed by atoms with Crippen molar-refractivity contribution in [3.8, 4) is 12.3 Å². The highest BCUT2D eigenvalue weighted by Gasteiger charge is 2.09. The lowest BCUT2D eigenvalue weighted by Gasteiger charge is -2.22. The molecule has 2 nitrogen and oxygen atoms in total. The third-order valence-corrected chi connectivity index (χ3v) is 3.09. The van der Waals surface area contributed by atoms with Crippen molar-refractivity contribution in [2.24, 2.45) is 0 Å². The molecule has 86 valence electrons. The van der Waals surface area contributed by atoms with Crippen LogP contribution in [0.15, 0.2) is 22.7 Å². The molecule has 0 aliphatic heterocycles. The van der Waals surface area contributed by atoms with E-state index in [2.05, 4.69) is 33.7 Å². The van der Waals surface area contributed by atoms with Crippen LogP contribution in [-0.4, -0.2) is 18.2 Å². The van der Waals surface area contributed by atoms with Crippen LogP contribution in [0.2, 0.25) is 0 Å². The summed E-state index contributed by atoms with van der Waals surface area (Å²) in [6.45, 7) is 5.26. The average Bonchev–Trinajstić information content (AvgIpc) is 2.26. The standard InChI is InChI=1S/C13H16BrNO/c1-4-8-15(5-2)13-7-6-11(10(3)16)9-12(13)14/h1,6-7,9-10,16H,5,8H2,2-3H3/t10-/m1/s1. The van der Waals surface area contributed by atoms with Gasteiger partial charge in [0.2, 0.25) is 0 Å². The Labute approximate surface area is 105 Å². The minimum absolute atomic E-state index is 0.451. The molecule has 0 spiro atoms. The first-order valence-electron chi connectivity index (χ1n) is 5.26. The van der Waals surface area contributed by atoms with Crippen LogP contribution in [0.4, 0.5) is 5.69 Å². The van der Waals surface area contributed by atoms with Gasteiger partial charge in [-0.15, -0.1) is 6.42 Å². The second-order valence-electron chi connectivity index (χ2n) is 3.61. The molecule has 1 rings (SSSR count). The van der Waals surface area contributed by atoms with E-state index < -0.39 is 6.10 Å². The fraction of sp³-hybridized carbons (Fsp3) is 0.385. The van der Waals surface area contributed by atoms with Crippen molar-refractivity contribution in [3.63, 3.8) is 0 Å². The molecule has 1 aromatic carbocycles. The number of benzene rings is 1. The van der Waals surface area contributed by atoms with Gasteiger partial charge in [-0.05, 0) is 47.5 Å². The number of aliphatic hydroxyl groups excluding tert-OH is 1. The molecule has 1 aromatic rings. The number of halogens is 1. The Morgan fingerprint density at radius 3 is 2.69 bits per heavy atom. The number of hydrogen-bond donors (Lipinski definition) is 1. The van der Waals surface area contributed by atoms with Crippen molar-refractivity contribution < 1.29 is 5.11 Å². The van der Waals surface area contributed by atoms with E-state index in [0.29, 0.717) is 6.54 Å². The molecule has 0 radical (unpaired) electrons. The zero-order valence-corrected chi connectivity index (χ0v) is 11.2. The molecule has 0 aromatic heterocycles. The zero-order chi connectivity index (χ0) is 12.1. The molecule has 16 heavy (non-hydrogen) atoms.